The number of phenols is 1. The van der Waals surface area contributed by atoms with Crippen molar-refractivity contribution in [3.63, 3.8) is 0 Å². The van der Waals surface area contributed by atoms with Gasteiger partial charge in [-0.3, -0.25) is 4.79 Å². The number of benzene rings is 1. The lowest BCUT2D eigenvalue weighted by Crippen LogP contribution is -2.34. The molecular formula is C12H16FNO2. The van der Waals surface area contributed by atoms with Gasteiger partial charge in [0.15, 0.2) is 0 Å². The fraction of sp³-hybridized carbons (Fsp3) is 0.417. The van der Waals surface area contributed by atoms with Gasteiger partial charge < -0.3 is 10.0 Å². The van der Waals surface area contributed by atoms with Crippen LogP contribution in [0.15, 0.2) is 18.2 Å². The van der Waals surface area contributed by atoms with Crippen LogP contribution in [0.1, 0.15) is 30.6 Å². The largest absolute Gasteiger partial charge is 0.507 e. The quantitative estimate of drug-likeness (QED) is 0.858. The minimum absolute atomic E-state index is 0.00259. The molecule has 1 rings (SSSR count). The summed E-state index contributed by atoms with van der Waals surface area (Å²) >= 11 is 0. The average Bonchev–Trinajstić information content (AvgIpc) is 2.29. The van der Waals surface area contributed by atoms with Crippen molar-refractivity contribution >= 4 is 5.91 Å². The van der Waals surface area contributed by atoms with Crippen LogP contribution in [0.2, 0.25) is 0 Å². The van der Waals surface area contributed by atoms with Gasteiger partial charge in [0.25, 0.3) is 5.91 Å². The van der Waals surface area contributed by atoms with Gasteiger partial charge in [0, 0.05) is 13.1 Å². The molecule has 1 atom stereocenters. The summed E-state index contributed by atoms with van der Waals surface area (Å²) in [6.45, 7) is 3.86. The number of phenolic OH excluding ortho intramolecular Hbond substituents is 1. The molecule has 0 aliphatic carbocycles. The summed E-state index contributed by atoms with van der Waals surface area (Å²) in [5, 5.41) is 9.49. The lowest BCUT2D eigenvalue weighted by molar-refractivity contribution is 0.0737. The Morgan fingerprint density at radius 2 is 2.19 bits per heavy atom. The van der Waals surface area contributed by atoms with Crippen LogP contribution < -0.4 is 0 Å². The number of amides is 1. The molecule has 3 nitrogen and oxygen atoms in total. The van der Waals surface area contributed by atoms with E-state index in [-0.39, 0.29) is 23.3 Å². The Morgan fingerprint density at radius 3 is 2.75 bits per heavy atom. The molecule has 1 aromatic carbocycles. The van der Waals surface area contributed by atoms with Crippen LogP contribution in [-0.4, -0.2) is 29.0 Å². The van der Waals surface area contributed by atoms with E-state index in [0.717, 1.165) is 18.6 Å². The molecule has 0 aromatic heterocycles. The third kappa shape index (κ3) is 2.51. The Morgan fingerprint density at radius 1 is 1.56 bits per heavy atom. The van der Waals surface area contributed by atoms with E-state index < -0.39 is 5.82 Å². The van der Waals surface area contributed by atoms with E-state index in [1.807, 2.05) is 13.8 Å². The fourth-order valence-electron chi connectivity index (χ4n) is 1.34. The summed E-state index contributed by atoms with van der Waals surface area (Å²) in [6, 6.07) is 3.41. The number of hydrogen-bond acceptors (Lipinski definition) is 2. The molecule has 1 amide bonds. The van der Waals surface area contributed by atoms with Gasteiger partial charge >= 0.3 is 0 Å². The molecule has 0 aliphatic rings. The summed E-state index contributed by atoms with van der Waals surface area (Å²) < 4.78 is 13.0. The number of carbonyl (C=O) groups is 1. The molecule has 0 heterocycles. The SMILES string of the molecule is CCC(C)N(C)C(=O)c1cc(F)ccc1O. The van der Waals surface area contributed by atoms with Gasteiger partial charge in [-0.2, -0.15) is 0 Å². The minimum Gasteiger partial charge on any atom is -0.507 e. The Bertz CT molecular complexity index is 393. The van der Waals surface area contributed by atoms with Gasteiger partial charge in [-0.1, -0.05) is 6.92 Å². The van der Waals surface area contributed by atoms with E-state index in [1.165, 1.54) is 11.0 Å². The first-order valence-corrected chi connectivity index (χ1v) is 5.23. The maximum absolute atomic E-state index is 13.0. The second-order valence-corrected chi connectivity index (χ2v) is 3.83. The molecule has 1 N–H and O–H groups in total. The zero-order valence-electron chi connectivity index (χ0n) is 9.70. The van der Waals surface area contributed by atoms with E-state index >= 15 is 0 Å². The van der Waals surface area contributed by atoms with Crippen LogP contribution in [-0.2, 0) is 0 Å². The summed E-state index contributed by atoms with van der Waals surface area (Å²) in [5.74, 6) is -1.09. The van der Waals surface area contributed by atoms with Crippen LogP contribution in [0.3, 0.4) is 0 Å². The predicted octanol–water partition coefficient (Wildman–Crippen LogP) is 2.40. The highest BCUT2D eigenvalue weighted by atomic mass is 19.1. The Balaban J connectivity index is 3.00. The Labute approximate surface area is 94.5 Å². The van der Waals surface area contributed by atoms with Crippen LogP contribution in [0, 0.1) is 5.82 Å². The topological polar surface area (TPSA) is 40.5 Å². The second kappa shape index (κ2) is 4.96. The zero-order chi connectivity index (χ0) is 12.3. The first-order valence-electron chi connectivity index (χ1n) is 5.23. The highest BCUT2D eigenvalue weighted by molar-refractivity contribution is 5.96. The number of hydrogen-bond donors (Lipinski definition) is 1. The molecule has 0 bridgehead atoms. The molecule has 16 heavy (non-hydrogen) atoms. The third-order valence-corrected chi connectivity index (χ3v) is 2.76. The molecule has 0 aliphatic heterocycles. The molecular weight excluding hydrogens is 209 g/mol. The van der Waals surface area contributed by atoms with Crippen molar-refractivity contribution in [3.05, 3.63) is 29.6 Å². The van der Waals surface area contributed by atoms with E-state index in [2.05, 4.69) is 0 Å². The number of nitrogens with zero attached hydrogens (tertiary/aromatic N) is 1. The van der Waals surface area contributed by atoms with Crippen molar-refractivity contribution in [1.29, 1.82) is 0 Å². The molecule has 0 radical (unpaired) electrons. The highest BCUT2D eigenvalue weighted by Gasteiger charge is 2.19. The lowest BCUT2D eigenvalue weighted by atomic mass is 10.1. The first-order chi connectivity index (χ1) is 7.47. The molecule has 0 spiro atoms. The zero-order valence-corrected chi connectivity index (χ0v) is 9.70. The smallest absolute Gasteiger partial charge is 0.257 e. The van der Waals surface area contributed by atoms with E-state index in [0.29, 0.717) is 0 Å². The normalized spacial score (nSPS) is 12.2. The molecule has 0 saturated carbocycles. The van der Waals surface area contributed by atoms with Crippen LogP contribution in [0.4, 0.5) is 4.39 Å². The first kappa shape index (κ1) is 12.5. The standard InChI is InChI=1S/C12H16FNO2/c1-4-8(2)14(3)12(16)10-7-9(13)5-6-11(10)15/h5-8,15H,4H2,1-3H3. The molecule has 0 fully saturated rings. The average molecular weight is 225 g/mol. The van der Waals surface area contributed by atoms with E-state index in [9.17, 15) is 14.3 Å². The molecule has 1 aromatic rings. The van der Waals surface area contributed by atoms with Crippen LogP contribution >= 0.6 is 0 Å². The minimum atomic E-state index is -0.529. The Hall–Kier alpha value is -1.58. The predicted molar refractivity (Wildman–Crippen MR) is 59.9 cm³/mol. The molecule has 4 heteroatoms. The summed E-state index contributed by atoms with van der Waals surface area (Å²) in [5.41, 5.74) is 0.00259. The second-order valence-electron chi connectivity index (χ2n) is 3.83. The van der Waals surface area contributed by atoms with Crippen molar-refractivity contribution in [2.24, 2.45) is 0 Å². The highest BCUT2D eigenvalue weighted by Crippen LogP contribution is 2.20. The van der Waals surface area contributed by atoms with E-state index in [1.54, 1.807) is 7.05 Å². The van der Waals surface area contributed by atoms with Gasteiger partial charge in [-0.25, -0.2) is 4.39 Å². The number of rotatable bonds is 3. The van der Waals surface area contributed by atoms with Gasteiger partial charge in [0.05, 0.1) is 5.56 Å². The van der Waals surface area contributed by atoms with Gasteiger partial charge in [0.1, 0.15) is 11.6 Å². The third-order valence-electron chi connectivity index (χ3n) is 2.76. The van der Waals surface area contributed by atoms with Crippen molar-refractivity contribution in [1.82, 2.24) is 4.90 Å². The van der Waals surface area contributed by atoms with Crippen molar-refractivity contribution < 1.29 is 14.3 Å². The molecule has 1 unspecified atom stereocenters. The summed E-state index contributed by atoms with van der Waals surface area (Å²) in [7, 11) is 1.64. The van der Waals surface area contributed by atoms with Gasteiger partial charge in [0.2, 0.25) is 0 Å². The lowest BCUT2D eigenvalue weighted by Gasteiger charge is -2.24. The number of aromatic hydroxyl groups is 1. The van der Waals surface area contributed by atoms with Crippen LogP contribution in [0.5, 0.6) is 5.75 Å². The van der Waals surface area contributed by atoms with Crippen molar-refractivity contribution in [2.45, 2.75) is 26.3 Å². The Kier molecular flexibility index (Phi) is 3.88. The summed E-state index contributed by atoms with van der Waals surface area (Å²) in [6.07, 6.45) is 0.804. The molecule has 0 saturated heterocycles. The van der Waals surface area contributed by atoms with Gasteiger partial charge in [-0.15, -0.1) is 0 Å². The monoisotopic (exact) mass is 225 g/mol. The van der Waals surface area contributed by atoms with Crippen LogP contribution in [0.25, 0.3) is 0 Å². The summed E-state index contributed by atoms with van der Waals surface area (Å²) in [4.78, 5) is 13.4. The van der Waals surface area contributed by atoms with E-state index in [4.69, 9.17) is 0 Å². The maximum atomic E-state index is 13.0. The van der Waals surface area contributed by atoms with Crippen molar-refractivity contribution in [2.75, 3.05) is 7.05 Å². The maximum Gasteiger partial charge on any atom is 0.257 e. The fourth-order valence-corrected chi connectivity index (χ4v) is 1.34. The van der Waals surface area contributed by atoms with Crippen molar-refractivity contribution in [3.8, 4) is 5.75 Å². The number of halogens is 1. The number of carbonyl (C=O) groups excluding carboxylic acids is 1. The molecule has 88 valence electrons. The van der Waals surface area contributed by atoms with Gasteiger partial charge in [-0.05, 0) is 31.5 Å².